The molecule has 1 aromatic rings. The minimum Gasteiger partial charge on any atom is -0.381 e. The van der Waals surface area contributed by atoms with Crippen molar-refractivity contribution in [1.29, 1.82) is 0 Å². The molecule has 3 rings (SSSR count). The Morgan fingerprint density at radius 1 is 1.18 bits per heavy atom. The van der Waals surface area contributed by atoms with E-state index in [1.807, 2.05) is 11.8 Å². The number of rotatable bonds is 3. The van der Waals surface area contributed by atoms with E-state index in [0.29, 0.717) is 11.2 Å². The van der Waals surface area contributed by atoms with Gasteiger partial charge in [0.25, 0.3) is 0 Å². The minimum atomic E-state index is 0.203. The van der Waals surface area contributed by atoms with Gasteiger partial charge in [-0.05, 0) is 44.7 Å². The molecule has 0 unspecified atom stereocenters. The lowest BCUT2D eigenvalue weighted by atomic mass is 9.97. The Kier molecular flexibility index (Phi) is 5.42. The maximum atomic E-state index is 12.5. The first-order valence-corrected chi connectivity index (χ1v) is 9.20. The largest absolute Gasteiger partial charge is 0.381 e. The topological polar surface area (TPSA) is 29.5 Å². The molecule has 120 valence electrons. The van der Waals surface area contributed by atoms with Crippen LogP contribution < -0.4 is 0 Å². The van der Waals surface area contributed by atoms with Gasteiger partial charge in [-0.1, -0.05) is 17.7 Å². The van der Waals surface area contributed by atoms with Crippen LogP contribution in [0.3, 0.4) is 0 Å². The number of likely N-dealkylation sites (tertiary alicyclic amines) is 1. The van der Waals surface area contributed by atoms with Gasteiger partial charge in [0.15, 0.2) is 0 Å². The van der Waals surface area contributed by atoms with Gasteiger partial charge >= 0.3 is 0 Å². The third-order valence-corrected chi connectivity index (χ3v) is 5.95. The molecule has 0 atom stereocenters. The zero-order valence-electron chi connectivity index (χ0n) is 13.3. The summed E-state index contributed by atoms with van der Waals surface area (Å²) in [5, 5.41) is 0.639. The first-order chi connectivity index (χ1) is 10.7. The molecule has 0 radical (unpaired) electrons. The third kappa shape index (κ3) is 4.05. The van der Waals surface area contributed by atoms with Gasteiger partial charge in [-0.15, -0.1) is 11.8 Å². The van der Waals surface area contributed by atoms with E-state index in [1.54, 1.807) is 0 Å². The second-order valence-electron chi connectivity index (χ2n) is 6.35. The molecule has 2 heterocycles. The van der Waals surface area contributed by atoms with Crippen LogP contribution in [0.15, 0.2) is 29.2 Å². The lowest BCUT2D eigenvalue weighted by Crippen LogP contribution is -2.43. The molecule has 1 aromatic carbocycles. The Bertz CT molecular complexity index is 506. The third-order valence-electron chi connectivity index (χ3n) is 4.62. The summed E-state index contributed by atoms with van der Waals surface area (Å²) >= 11 is 1.97. The summed E-state index contributed by atoms with van der Waals surface area (Å²) in [6.45, 7) is 5.46. The Morgan fingerprint density at radius 3 is 2.59 bits per heavy atom. The number of hydrogen-bond acceptors (Lipinski definition) is 3. The molecule has 2 aliphatic rings. The van der Waals surface area contributed by atoms with Gasteiger partial charge < -0.3 is 9.64 Å². The maximum absolute atomic E-state index is 12.5. The molecule has 22 heavy (non-hydrogen) atoms. The van der Waals surface area contributed by atoms with Gasteiger partial charge in [0, 0.05) is 42.4 Å². The highest BCUT2D eigenvalue weighted by atomic mass is 32.2. The van der Waals surface area contributed by atoms with Crippen LogP contribution >= 0.6 is 11.8 Å². The fourth-order valence-electron chi connectivity index (χ4n) is 3.28. The van der Waals surface area contributed by atoms with E-state index in [9.17, 15) is 4.79 Å². The molecule has 2 fully saturated rings. The zero-order valence-corrected chi connectivity index (χ0v) is 14.1. The summed E-state index contributed by atoms with van der Waals surface area (Å²) in [4.78, 5) is 16.0. The van der Waals surface area contributed by atoms with Crippen LogP contribution in [-0.4, -0.2) is 42.4 Å². The molecular formula is C18H25NO2S. The van der Waals surface area contributed by atoms with Crippen LogP contribution in [0, 0.1) is 12.8 Å². The molecule has 2 aliphatic heterocycles. The quantitative estimate of drug-likeness (QED) is 0.854. The van der Waals surface area contributed by atoms with Crippen molar-refractivity contribution in [3.8, 4) is 0 Å². The van der Waals surface area contributed by atoms with E-state index in [1.165, 1.54) is 10.5 Å². The van der Waals surface area contributed by atoms with E-state index >= 15 is 0 Å². The number of carbonyl (C=O) groups is 1. The van der Waals surface area contributed by atoms with E-state index in [4.69, 9.17) is 4.74 Å². The number of hydrogen-bond donors (Lipinski definition) is 0. The Labute approximate surface area is 137 Å². The summed E-state index contributed by atoms with van der Waals surface area (Å²) in [7, 11) is 0. The second-order valence-corrected chi connectivity index (χ2v) is 7.72. The Balaban J connectivity index is 1.48. The molecule has 0 bridgehead atoms. The number of aryl methyl sites for hydroxylation is 1. The van der Waals surface area contributed by atoms with Gasteiger partial charge in [0.05, 0.1) is 0 Å². The number of carbonyl (C=O) groups excluding carboxylic acids is 1. The molecule has 3 nitrogen and oxygen atoms in total. The van der Waals surface area contributed by atoms with E-state index < -0.39 is 0 Å². The lowest BCUT2D eigenvalue weighted by molar-refractivity contribution is -0.139. The predicted octanol–water partition coefficient (Wildman–Crippen LogP) is 3.50. The highest BCUT2D eigenvalue weighted by Gasteiger charge is 2.29. The van der Waals surface area contributed by atoms with Crippen molar-refractivity contribution in [3.63, 3.8) is 0 Å². The summed E-state index contributed by atoms with van der Waals surface area (Å²) in [5.74, 6) is 0.567. The van der Waals surface area contributed by atoms with Crippen LogP contribution in [0.1, 0.15) is 31.2 Å². The smallest absolute Gasteiger partial charge is 0.225 e. The first kappa shape index (κ1) is 15.9. The van der Waals surface area contributed by atoms with Crippen molar-refractivity contribution in [2.24, 2.45) is 5.92 Å². The SMILES string of the molecule is Cc1cccc(SC2CCN(C(=O)C3CCOCC3)CC2)c1. The molecule has 1 amide bonds. The van der Waals surface area contributed by atoms with Crippen molar-refractivity contribution in [2.75, 3.05) is 26.3 Å². The normalized spacial score (nSPS) is 21.0. The van der Waals surface area contributed by atoms with Crippen molar-refractivity contribution in [2.45, 2.75) is 42.8 Å². The second kappa shape index (κ2) is 7.51. The van der Waals surface area contributed by atoms with Crippen molar-refractivity contribution in [3.05, 3.63) is 29.8 Å². The Hall–Kier alpha value is -1.00. The average molecular weight is 319 g/mol. The average Bonchev–Trinajstić information content (AvgIpc) is 2.56. The Morgan fingerprint density at radius 2 is 1.91 bits per heavy atom. The fraction of sp³-hybridized carbons (Fsp3) is 0.611. The maximum Gasteiger partial charge on any atom is 0.225 e. The zero-order chi connectivity index (χ0) is 15.4. The molecular weight excluding hydrogens is 294 g/mol. The number of benzene rings is 1. The number of piperidine rings is 1. The van der Waals surface area contributed by atoms with Crippen LogP contribution in [0.2, 0.25) is 0 Å². The number of nitrogens with zero attached hydrogens (tertiary/aromatic N) is 1. The van der Waals surface area contributed by atoms with Crippen molar-refractivity contribution in [1.82, 2.24) is 4.90 Å². The summed E-state index contributed by atoms with van der Waals surface area (Å²) in [6, 6.07) is 8.71. The van der Waals surface area contributed by atoms with Crippen molar-refractivity contribution >= 4 is 17.7 Å². The minimum absolute atomic E-state index is 0.203. The molecule has 0 aliphatic carbocycles. The van der Waals surface area contributed by atoms with Crippen LogP contribution in [0.4, 0.5) is 0 Å². The highest BCUT2D eigenvalue weighted by molar-refractivity contribution is 8.00. The summed E-state index contributed by atoms with van der Waals surface area (Å²) in [6.07, 6.45) is 4.01. The van der Waals surface area contributed by atoms with Gasteiger partial charge in [0.2, 0.25) is 5.91 Å². The van der Waals surface area contributed by atoms with Gasteiger partial charge in [-0.2, -0.15) is 0 Å². The van der Waals surface area contributed by atoms with Gasteiger partial charge in [0.1, 0.15) is 0 Å². The molecule has 0 N–H and O–H groups in total. The van der Waals surface area contributed by atoms with E-state index in [2.05, 4.69) is 36.1 Å². The predicted molar refractivity (Wildman–Crippen MR) is 90.2 cm³/mol. The number of ether oxygens (including phenoxy) is 1. The van der Waals surface area contributed by atoms with Crippen LogP contribution in [0.5, 0.6) is 0 Å². The highest BCUT2D eigenvalue weighted by Crippen LogP contribution is 2.31. The summed E-state index contributed by atoms with van der Waals surface area (Å²) < 4.78 is 5.36. The van der Waals surface area contributed by atoms with E-state index in [-0.39, 0.29) is 5.92 Å². The van der Waals surface area contributed by atoms with Crippen molar-refractivity contribution < 1.29 is 9.53 Å². The van der Waals surface area contributed by atoms with Gasteiger partial charge in [-0.3, -0.25) is 4.79 Å². The summed E-state index contributed by atoms with van der Waals surface area (Å²) in [5.41, 5.74) is 1.32. The lowest BCUT2D eigenvalue weighted by Gasteiger charge is -2.35. The van der Waals surface area contributed by atoms with E-state index in [0.717, 1.165) is 52.0 Å². The van der Waals surface area contributed by atoms with Crippen LogP contribution in [0.25, 0.3) is 0 Å². The molecule has 4 heteroatoms. The fourth-order valence-corrected chi connectivity index (χ4v) is 4.52. The number of thioether (sulfide) groups is 1. The van der Waals surface area contributed by atoms with Crippen LogP contribution in [-0.2, 0) is 9.53 Å². The van der Waals surface area contributed by atoms with Gasteiger partial charge in [-0.25, -0.2) is 0 Å². The molecule has 0 saturated carbocycles. The molecule has 2 saturated heterocycles. The standard InChI is InChI=1S/C18H25NO2S/c1-14-3-2-4-17(13-14)22-16-5-9-19(10-6-16)18(20)15-7-11-21-12-8-15/h2-4,13,15-16H,5-12H2,1H3. The number of amides is 1. The first-order valence-electron chi connectivity index (χ1n) is 8.32. The molecule has 0 aromatic heterocycles. The monoisotopic (exact) mass is 319 g/mol. The molecule has 0 spiro atoms.